The van der Waals surface area contributed by atoms with E-state index in [4.69, 9.17) is 4.99 Å². The minimum absolute atomic E-state index is 0.380. The number of hydrogen-bond acceptors (Lipinski definition) is 4. The van der Waals surface area contributed by atoms with Gasteiger partial charge in [0.05, 0.1) is 16.3 Å². The molecule has 1 aliphatic rings. The lowest BCUT2D eigenvalue weighted by atomic mass is 10.1. The predicted octanol–water partition coefficient (Wildman–Crippen LogP) is 5.81. The molecule has 0 amide bonds. The minimum atomic E-state index is -3.41. The topological polar surface area (TPSA) is 54.7 Å². The molecule has 32 heavy (non-hydrogen) atoms. The largest absolute Gasteiger partial charge is 0.316 e. The Hall–Kier alpha value is -2.22. The van der Waals surface area contributed by atoms with Crippen LogP contribution in [0, 0.1) is 0 Å². The fraction of sp³-hybridized carbons (Fsp3) is 0.400. The van der Waals surface area contributed by atoms with Gasteiger partial charge >= 0.3 is 0 Å². The van der Waals surface area contributed by atoms with Crippen molar-refractivity contribution in [2.75, 3.05) is 13.1 Å². The smallest absolute Gasteiger partial charge is 0.243 e. The zero-order valence-corrected chi connectivity index (χ0v) is 20.2. The highest BCUT2D eigenvalue weighted by Gasteiger charge is 2.25. The number of hydrogen-bond donors (Lipinski definition) is 0. The summed E-state index contributed by atoms with van der Waals surface area (Å²) in [6.45, 7) is 4.34. The minimum Gasteiger partial charge on any atom is -0.316 e. The number of para-hydroxylation sites is 1. The van der Waals surface area contributed by atoms with E-state index in [9.17, 15) is 8.42 Å². The average molecular weight is 470 g/mol. The Morgan fingerprint density at radius 2 is 1.66 bits per heavy atom. The van der Waals surface area contributed by atoms with Crippen LogP contribution in [0.4, 0.5) is 5.69 Å². The Morgan fingerprint density at radius 3 is 2.34 bits per heavy atom. The van der Waals surface area contributed by atoms with Gasteiger partial charge in [0.1, 0.15) is 0 Å². The Morgan fingerprint density at radius 1 is 0.938 bits per heavy atom. The first-order chi connectivity index (χ1) is 15.6. The Balaban J connectivity index is 1.66. The molecule has 4 rings (SSSR count). The van der Waals surface area contributed by atoms with Crippen LogP contribution in [-0.4, -0.2) is 30.4 Å². The number of benzene rings is 2. The molecule has 0 N–H and O–H groups in total. The van der Waals surface area contributed by atoms with Crippen LogP contribution in [0.3, 0.4) is 0 Å². The number of sulfonamides is 1. The first kappa shape index (κ1) is 23.0. The second-order valence-electron chi connectivity index (χ2n) is 8.20. The molecule has 0 unspecified atom stereocenters. The molecular weight excluding hydrogens is 438 g/mol. The third-order valence-electron chi connectivity index (χ3n) is 5.87. The first-order valence-electron chi connectivity index (χ1n) is 11.5. The predicted molar refractivity (Wildman–Crippen MR) is 132 cm³/mol. The summed E-state index contributed by atoms with van der Waals surface area (Å²) < 4.78 is 29.9. The normalized spacial score (nSPS) is 15.8. The molecule has 0 bridgehead atoms. The standard InChI is InChI=1S/C25H31N3O2S2/c1-2-3-8-19-28-24(20-31-25(28)26-22-11-6-4-7-12-22)21-13-15-23(16-14-21)32(29,30)27-17-9-5-10-18-27/h4,6-7,11-16,20H,2-3,5,8-10,17-19H2,1H3. The van der Waals surface area contributed by atoms with Crippen molar-refractivity contribution in [2.24, 2.45) is 4.99 Å². The zero-order valence-electron chi connectivity index (χ0n) is 18.6. The van der Waals surface area contributed by atoms with E-state index in [-0.39, 0.29) is 0 Å². The molecule has 0 radical (unpaired) electrons. The summed E-state index contributed by atoms with van der Waals surface area (Å²) in [5.41, 5.74) is 3.04. The molecule has 1 aromatic heterocycles. The zero-order chi connectivity index (χ0) is 22.4. The van der Waals surface area contributed by atoms with Gasteiger partial charge in [-0.25, -0.2) is 13.4 Å². The lowest BCUT2D eigenvalue weighted by Crippen LogP contribution is -2.35. The van der Waals surface area contributed by atoms with Gasteiger partial charge in [0, 0.05) is 25.0 Å². The van der Waals surface area contributed by atoms with E-state index in [1.807, 2.05) is 42.5 Å². The summed E-state index contributed by atoms with van der Waals surface area (Å²) >= 11 is 1.63. The van der Waals surface area contributed by atoms with E-state index < -0.39 is 10.0 Å². The number of thiazole rings is 1. The molecule has 0 aliphatic carbocycles. The van der Waals surface area contributed by atoms with Gasteiger partial charge < -0.3 is 4.57 Å². The van der Waals surface area contributed by atoms with E-state index in [0.717, 1.165) is 60.4 Å². The quantitative estimate of drug-likeness (QED) is 0.391. The summed E-state index contributed by atoms with van der Waals surface area (Å²) in [6, 6.07) is 17.4. The highest BCUT2D eigenvalue weighted by atomic mass is 32.2. The van der Waals surface area contributed by atoms with E-state index in [1.165, 1.54) is 6.42 Å². The fourth-order valence-corrected chi connectivity index (χ4v) is 6.52. The number of rotatable bonds is 8. The van der Waals surface area contributed by atoms with Crippen molar-refractivity contribution < 1.29 is 8.42 Å². The Kier molecular flexibility index (Phi) is 7.60. The molecule has 2 heterocycles. The van der Waals surface area contributed by atoms with E-state index in [1.54, 1.807) is 27.8 Å². The lowest BCUT2D eigenvalue weighted by molar-refractivity contribution is 0.346. The van der Waals surface area contributed by atoms with Gasteiger partial charge in [0.2, 0.25) is 10.0 Å². The number of piperidine rings is 1. The van der Waals surface area contributed by atoms with Crippen LogP contribution in [0.1, 0.15) is 45.4 Å². The maximum atomic E-state index is 13.0. The maximum Gasteiger partial charge on any atom is 0.243 e. The molecule has 170 valence electrons. The van der Waals surface area contributed by atoms with Gasteiger partial charge in [-0.2, -0.15) is 4.31 Å². The molecule has 5 nitrogen and oxygen atoms in total. The van der Waals surface area contributed by atoms with Crippen LogP contribution in [-0.2, 0) is 16.6 Å². The highest BCUT2D eigenvalue weighted by Crippen LogP contribution is 2.26. The summed E-state index contributed by atoms with van der Waals surface area (Å²) in [7, 11) is -3.41. The van der Waals surface area contributed by atoms with E-state index in [0.29, 0.717) is 18.0 Å². The Labute approximate surface area is 195 Å². The summed E-state index contributed by atoms with van der Waals surface area (Å²) in [4.78, 5) is 6.21. The number of aromatic nitrogens is 1. The van der Waals surface area contributed by atoms with Crippen molar-refractivity contribution in [3.05, 3.63) is 64.8 Å². The molecule has 3 aromatic rings. The molecule has 1 fully saturated rings. The van der Waals surface area contributed by atoms with Gasteiger partial charge in [-0.15, -0.1) is 11.3 Å². The molecule has 7 heteroatoms. The molecule has 1 saturated heterocycles. The van der Waals surface area contributed by atoms with Gasteiger partial charge in [0.25, 0.3) is 0 Å². The second-order valence-corrected chi connectivity index (χ2v) is 11.0. The van der Waals surface area contributed by atoms with Crippen LogP contribution in [0.2, 0.25) is 0 Å². The first-order valence-corrected chi connectivity index (χ1v) is 13.8. The van der Waals surface area contributed by atoms with Gasteiger partial charge in [-0.1, -0.05) is 56.5 Å². The van der Waals surface area contributed by atoms with Crippen molar-refractivity contribution in [3.8, 4) is 11.3 Å². The van der Waals surface area contributed by atoms with Crippen LogP contribution in [0.15, 0.2) is 69.9 Å². The fourth-order valence-electron chi connectivity index (χ4n) is 4.05. The summed E-state index contributed by atoms with van der Waals surface area (Å²) in [5.74, 6) is 0. The SMILES string of the molecule is CCCCCn1c(-c2ccc(S(=O)(=O)N3CCCCC3)cc2)csc1=Nc1ccccc1. The number of nitrogens with zero attached hydrogens (tertiary/aromatic N) is 3. The van der Waals surface area contributed by atoms with E-state index in [2.05, 4.69) is 16.9 Å². The third-order valence-corrected chi connectivity index (χ3v) is 8.64. The molecular formula is C25H31N3O2S2. The van der Waals surface area contributed by atoms with Crippen LogP contribution < -0.4 is 4.80 Å². The van der Waals surface area contributed by atoms with Crippen molar-refractivity contribution >= 4 is 27.0 Å². The molecule has 1 aliphatic heterocycles. The summed E-state index contributed by atoms with van der Waals surface area (Å²) in [6.07, 6.45) is 6.41. The molecule has 2 aromatic carbocycles. The van der Waals surface area contributed by atoms with Gasteiger partial charge in [0.15, 0.2) is 4.80 Å². The molecule has 0 saturated carbocycles. The monoisotopic (exact) mass is 469 g/mol. The Bertz CT molecular complexity index is 1170. The average Bonchev–Trinajstić information content (AvgIpc) is 3.23. The van der Waals surface area contributed by atoms with Crippen LogP contribution in [0.25, 0.3) is 11.3 Å². The van der Waals surface area contributed by atoms with Crippen molar-refractivity contribution in [1.29, 1.82) is 0 Å². The maximum absolute atomic E-state index is 13.0. The highest BCUT2D eigenvalue weighted by molar-refractivity contribution is 7.89. The van der Waals surface area contributed by atoms with Gasteiger partial charge in [-0.05, 0) is 49.1 Å². The number of unbranched alkanes of at least 4 members (excludes halogenated alkanes) is 2. The third kappa shape index (κ3) is 5.22. The van der Waals surface area contributed by atoms with E-state index >= 15 is 0 Å². The van der Waals surface area contributed by atoms with Crippen molar-refractivity contribution in [2.45, 2.75) is 56.9 Å². The molecule has 0 spiro atoms. The lowest BCUT2D eigenvalue weighted by Gasteiger charge is -2.25. The molecule has 0 atom stereocenters. The van der Waals surface area contributed by atoms with Gasteiger partial charge in [-0.3, -0.25) is 0 Å². The van der Waals surface area contributed by atoms with Crippen molar-refractivity contribution in [1.82, 2.24) is 8.87 Å². The van der Waals surface area contributed by atoms with Crippen LogP contribution in [0.5, 0.6) is 0 Å². The summed E-state index contributed by atoms with van der Waals surface area (Å²) in [5, 5.41) is 2.13. The van der Waals surface area contributed by atoms with Crippen LogP contribution >= 0.6 is 11.3 Å². The van der Waals surface area contributed by atoms with Crippen molar-refractivity contribution in [3.63, 3.8) is 0 Å². The second kappa shape index (κ2) is 10.6.